The highest BCUT2D eigenvalue weighted by molar-refractivity contribution is 14.1. The molecule has 1 aromatic carbocycles. The summed E-state index contributed by atoms with van der Waals surface area (Å²) in [6, 6.07) is 11.0. The van der Waals surface area contributed by atoms with Gasteiger partial charge in [0.15, 0.2) is 0 Å². The molecule has 1 atom stereocenters. The predicted molar refractivity (Wildman–Crippen MR) is 86.1 cm³/mol. The molecule has 2 rings (SSSR count). The van der Waals surface area contributed by atoms with Crippen molar-refractivity contribution in [3.63, 3.8) is 0 Å². The largest absolute Gasteiger partial charge is 0.309 e. The van der Waals surface area contributed by atoms with Crippen LogP contribution in [0.4, 0.5) is 0 Å². The fourth-order valence-electron chi connectivity index (χ4n) is 2.02. The first kappa shape index (κ1) is 13.7. The van der Waals surface area contributed by atoms with Gasteiger partial charge in [-0.05, 0) is 17.5 Å². The maximum Gasteiger partial charge on any atom is 0.0746 e. The molecule has 3 heteroatoms. The second-order valence-corrected chi connectivity index (χ2v) is 5.76. The van der Waals surface area contributed by atoms with E-state index >= 15 is 0 Å². The minimum Gasteiger partial charge on any atom is -0.309 e. The molecule has 1 N–H and O–H groups in total. The summed E-state index contributed by atoms with van der Waals surface area (Å²) in [6.07, 6.45) is 1.87. The third-order valence-corrected chi connectivity index (χ3v) is 4.19. The molecule has 0 aliphatic heterocycles. The van der Waals surface area contributed by atoms with Crippen molar-refractivity contribution in [3.8, 4) is 0 Å². The van der Waals surface area contributed by atoms with Gasteiger partial charge in [-0.1, -0.05) is 60.7 Å². The molecule has 96 valence electrons. The average Bonchev–Trinajstić information content (AvgIpc) is 2.39. The minimum atomic E-state index is 0.560. The highest BCUT2D eigenvalue weighted by Crippen LogP contribution is 2.16. The lowest BCUT2D eigenvalue weighted by atomic mass is 10.1. The Kier molecular flexibility index (Phi) is 4.95. The fourth-order valence-corrected chi connectivity index (χ4v) is 3.35. The summed E-state index contributed by atoms with van der Waals surface area (Å²) >= 11 is 2.45. The van der Waals surface area contributed by atoms with Gasteiger partial charge in [0.1, 0.15) is 0 Å². The number of halogens is 1. The van der Waals surface area contributed by atoms with Crippen LogP contribution in [0.1, 0.15) is 19.4 Å². The van der Waals surface area contributed by atoms with Crippen LogP contribution in [0.5, 0.6) is 0 Å². The highest BCUT2D eigenvalue weighted by atomic mass is 127. The van der Waals surface area contributed by atoms with Crippen LogP contribution in [0.3, 0.4) is 0 Å². The second kappa shape index (κ2) is 6.48. The van der Waals surface area contributed by atoms with Gasteiger partial charge in [0, 0.05) is 28.6 Å². The molecular weight excluding hydrogens is 335 g/mol. The third kappa shape index (κ3) is 3.20. The maximum atomic E-state index is 4.49. The van der Waals surface area contributed by atoms with E-state index in [0.29, 0.717) is 12.0 Å². The number of aromatic nitrogens is 1. The molecule has 0 saturated heterocycles. The van der Waals surface area contributed by atoms with Crippen molar-refractivity contribution in [2.45, 2.75) is 26.4 Å². The van der Waals surface area contributed by atoms with Crippen LogP contribution in [0.15, 0.2) is 36.5 Å². The Morgan fingerprint density at radius 3 is 2.72 bits per heavy atom. The normalized spacial score (nSPS) is 13.1. The molecule has 0 spiro atoms. The zero-order valence-electron chi connectivity index (χ0n) is 10.9. The quantitative estimate of drug-likeness (QED) is 0.653. The van der Waals surface area contributed by atoms with Gasteiger partial charge >= 0.3 is 0 Å². The topological polar surface area (TPSA) is 24.9 Å². The van der Waals surface area contributed by atoms with E-state index in [1.54, 1.807) is 0 Å². The molecule has 0 radical (unpaired) electrons. The van der Waals surface area contributed by atoms with E-state index in [4.69, 9.17) is 0 Å². The molecule has 0 saturated carbocycles. The summed E-state index contributed by atoms with van der Waals surface area (Å²) in [7, 11) is 0. The summed E-state index contributed by atoms with van der Waals surface area (Å²) in [5, 5.41) is 4.84. The van der Waals surface area contributed by atoms with Gasteiger partial charge in [-0.25, -0.2) is 0 Å². The van der Waals surface area contributed by atoms with E-state index < -0.39 is 0 Å². The van der Waals surface area contributed by atoms with E-state index in [-0.39, 0.29) is 0 Å². The number of hydrogen-bond donors (Lipinski definition) is 1. The van der Waals surface area contributed by atoms with Crippen LogP contribution in [-0.4, -0.2) is 15.5 Å². The molecular formula is C15H19IN2. The van der Waals surface area contributed by atoms with Crippen molar-refractivity contribution in [2.75, 3.05) is 4.43 Å². The molecule has 0 amide bonds. The van der Waals surface area contributed by atoms with E-state index in [2.05, 4.69) is 71.0 Å². The van der Waals surface area contributed by atoms with Gasteiger partial charge in [-0.2, -0.15) is 0 Å². The molecule has 1 unspecified atom stereocenters. The van der Waals surface area contributed by atoms with E-state index in [0.717, 1.165) is 16.5 Å². The Labute approximate surface area is 122 Å². The average molecular weight is 354 g/mol. The highest BCUT2D eigenvalue weighted by Gasteiger charge is 2.11. The Balaban J connectivity index is 2.17. The number of rotatable bonds is 5. The first-order chi connectivity index (χ1) is 8.72. The van der Waals surface area contributed by atoms with Crippen LogP contribution in [0, 0.1) is 5.92 Å². The number of para-hydroxylation sites is 1. The number of alkyl halides is 1. The van der Waals surface area contributed by atoms with Crippen LogP contribution in [-0.2, 0) is 6.54 Å². The first-order valence-electron chi connectivity index (χ1n) is 6.34. The predicted octanol–water partition coefficient (Wildman–Crippen LogP) is 3.78. The van der Waals surface area contributed by atoms with Crippen LogP contribution in [0.25, 0.3) is 10.9 Å². The van der Waals surface area contributed by atoms with Gasteiger partial charge in [-0.15, -0.1) is 0 Å². The third-order valence-electron chi connectivity index (χ3n) is 3.24. The monoisotopic (exact) mass is 354 g/mol. The van der Waals surface area contributed by atoms with E-state index in [9.17, 15) is 0 Å². The number of pyridine rings is 1. The van der Waals surface area contributed by atoms with Crippen LogP contribution >= 0.6 is 22.6 Å². The molecule has 0 aliphatic rings. The zero-order valence-corrected chi connectivity index (χ0v) is 13.0. The summed E-state index contributed by atoms with van der Waals surface area (Å²) in [5.41, 5.74) is 2.40. The molecule has 2 nitrogen and oxygen atoms in total. The van der Waals surface area contributed by atoms with Crippen molar-refractivity contribution in [3.05, 3.63) is 42.1 Å². The Hall–Kier alpha value is -0.680. The lowest BCUT2D eigenvalue weighted by Gasteiger charge is -2.20. The summed E-state index contributed by atoms with van der Waals surface area (Å²) in [5.74, 6) is 0.657. The van der Waals surface area contributed by atoms with Gasteiger partial charge in [0.05, 0.1) is 5.52 Å². The number of benzene rings is 1. The molecule has 2 aromatic rings. The van der Waals surface area contributed by atoms with Gasteiger partial charge < -0.3 is 5.32 Å². The summed E-state index contributed by atoms with van der Waals surface area (Å²) < 4.78 is 1.13. The summed E-state index contributed by atoms with van der Waals surface area (Å²) in [4.78, 5) is 4.49. The molecule has 1 heterocycles. The van der Waals surface area contributed by atoms with Crippen molar-refractivity contribution in [1.29, 1.82) is 0 Å². The Morgan fingerprint density at radius 1 is 1.22 bits per heavy atom. The lowest BCUT2D eigenvalue weighted by molar-refractivity contribution is 0.437. The van der Waals surface area contributed by atoms with Crippen LogP contribution in [0.2, 0.25) is 0 Å². The van der Waals surface area contributed by atoms with Gasteiger partial charge in [0.2, 0.25) is 0 Å². The van der Waals surface area contributed by atoms with Gasteiger partial charge in [-0.3, -0.25) is 4.98 Å². The Bertz CT molecular complexity index is 505. The van der Waals surface area contributed by atoms with Crippen molar-refractivity contribution >= 4 is 33.5 Å². The number of hydrogen-bond acceptors (Lipinski definition) is 2. The number of nitrogens with one attached hydrogen (secondary N) is 1. The fraction of sp³-hybridized carbons (Fsp3) is 0.400. The van der Waals surface area contributed by atoms with Gasteiger partial charge in [0.25, 0.3) is 0 Å². The zero-order chi connectivity index (χ0) is 13.0. The molecule has 0 fully saturated rings. The second-order valence-electron chi connectivity index (χ2n) is 4.88. The molecule has 0 aliphatic carbocycles. The maximum absolute atomic E-state index is 4.49. The Morgan fingerprint density at radius 2 is 2.00 bits per heavy atom. The smallest absolute Gasteiger partial charge is 0.0746 e. The summed E-state index contributed by atoms with van der Waals surface area (Å²) in [6.45, 7) is 5.41. The van der Waals surface area contributed by atoms with E-state index in [1.807, 2.05) is 12.3 Å². The lowest BCUT2D eigenvalue weighted by Crippen LogP contribution is -2.34. The van der Waals surface area contributed by atoms with Crippen molar-refractivity contribution in [1.82, 2.24) is 10.3 Å². The number of fused-ring (bicyclic) bond motifs is 1. The first-order valence-corrected chi connectivity index (χ1v) is 7.87. The number of nitrogens with zero attached hydrogens (tertiary/aromatic N) is 1. The van der Waals surface area contributed by atoms with Crippen molar-refractivity contribution in [2.24, 2.45) is 5.92 Å². The standard InChI is InChI=1S/C15H19IN2/c1-11(2)14(9-16)18-10-13-6-3-5-12-7-4-8-17-15(12)13/h3-8,11,14,18H,9-10H2,1-2H3. The van der Waals surface area contributed by atoms with Crippen molar-refractivity contribution < 1.29 is 0 Å². The SMILES string of the molecule is CC(C)C(CI)NCc1cccc2cccnc12. The molecule has 1 aromatic heterocycles. The van der Waals surface area contributed by atoms with E-state index in [1.165, 1.54) is 10.9 Å². The molecule has 0 bridgehead atoms. The van der Waals surface area contributed by atoms with Crippen LogP contribution < -0.4 is 5.32 Å². The molecule has 18 heavy (non-hydrogen) atoms. The minimum absolute atomic E-state index is 0.560.